The van der Waals surface area contributed by atoms with Crippen molar-refractivity contribution in [2.24, 2.45) is 0 Å². The molecule has 1 aromatic carbocycles. The zero-order valence-electron chi connectivity index (χ0n) is 6.54. The molecule has 0 bridgehead atoms. The van der Waals surface area contributed by atoms with E-state index in [1.54, 1.807) is 6.92 Å². The first-order valence-electron chi connectivity index (χ1n) is 3.43. The Morgan fingerprint density at radius 1 is 1.30 bits per heavy atom. The molecule has 2 heteroatoms. The number of aliphatic hydroxyl groups excluding tert-OH is 1. The van der Waals surface area contributed by atoms with Crippen LogP contribution in [0.1, 0.15) is 6.92 Å². The Morgan fingerprint density at radius 3 is 1.90 bits per heavy atom. The molecule has 0 aromatic heterocycles. The molecular formula is C8H14GeO. The van der Waals surface area contributed by atoms with Gasteiger partial charge in [0.05, 0.1) is 0 Å². The molecule has 0 unspecified atom stereocenters. The van der Waals surface area contributed by atoms with Crippen molar-refractivity contribution in [1.29, 1.82) is 0 Å². The van der Waals surface area contributed by atoms with Crippen LogP contribution in [-0.2, 0) is 0 Å². The average molecular weight is 199 g/mol. The summed E-state index contributed by atoms with van der Waals surface area (Å²) >= 11 is 0.855. The molecule has 1 aromatic rings. The molecule has 0 radical (unpaired) electrons. The number of benzene rings is 1. The summed E-state index contributed by atoms with van der Waals surface area (Å²) in [7, 11) is 0. The van der Waals surface area contributed by atoms with Gasteiger partial charge in [0.1, 0.15) is 0 Å². The minimum atomic E-state index is 0.250. The van der Waals surface area contributed by atoms with Crippen molar-refractivity contribution in [3.63, 3.8) is 0 Å². The first kappa shape index (κ1) is 9.72. The van der Waals surface area contributed by atoms with Gasteiger partial charge in [-0.1, -0.05) is 0 Å². The topological polar surface area (TPSA) is 20.2 Å². The first-order chi connectivity index (χ1) is 4.81. The number of hydrogen-bond donors (Lipinski definition) is 1. The predicted octanol–water partition coefficient (Wildman–Crippen LogP) is -0.324. The van der Waals surface area contributed by atoms with Crippen molar-refractivity contribution < 1.29 is 5.11 Å². The summed E-state index contributed by atoms with van der Waals surface area (Å²) in [6.45, 7) is 1.93. The molecule has 0 heterocycles. The summed E-state index contributed by atoms with van der Waals surface area (Å²) < 4.78 is 1.51. The third kappa shape index (κ3) is 5.85. The second-order valence-corrected chi connectivity index (χ2v) is 4.39. The molecule has 0 atom stereocenters. The molecule has 10 heavy (non-hydrogen) atoms. The van der Waals surface area contributed by atoms with Crippen LogP contribution in [0, 0.1) is 0 Å². The number of hydrogen-bond acceptors (Lipinski definition) is 1. The number of rotatable bonds is 0. The van der Waals surface area contributed by atoms with Crippen molar-refractivity contribution in [2.45, 2.75) is 6.92 Å². The molecule has 0 fully saturated rings. The van der Waals surface area contributed by atoms with Crippen LogP contribution in [0.15, 0.2) is 30.3 Å². The molecule has 0 aliphatic heterocycles. The normalized spacial score (nSPS) is 8.20. The van der Waals surface area contributed by atoms with E-state index >= 15 is 0 Å². The van der Waals surface area contributed by atoms with Crippen LogP contribution in [0.5, 0.6) is 0 Å². The summed E-state index contributed by atoms with van der Waals surface area (Å²) in [4.78, 5) is 0. The summed E-state index contributed by atoms with van der Waals surface area (Å²) in [5, 5.41) is 7.57. The number of aliphatic hydroxyl groups is 1. The summed E-state index contributed by atoms with van der Waals surface area (Å²) in [5.74, 6) is 0. The van der Waals surface area contributed by atoms with Gasteiger partial charge in [-0.3, -0.25) is 0 Å². The van der Waals surface area contributed by atoms with Crippen molar-refractivity contribution in [2.75, 3.05) is 6.61 Å². The molecule has 0 aliphatic rings. The fraction of sp³-hybridized carbons (Fsp3) is 0.250. The molecule has 1 N–H and O–H groups in total. The molecule has 0 amide bonds. The molecule has 1 rings (SSSR count). The SMILES string of the molecule is CCO.[GeH3][c]1ccccc1. The van der Waals surface area contributed by atoms with Gasteiger partial charge in [0, 0.05) is 6.61 Å². The van der Waals surface area contributed by atoms with Crippen molar-refractivity contribution in [3.05, 3.63) is 30.3 Å². The van der Waals surface area contributed by atoms with E-state index in [0.29, 0.717) is 0 Å². The molecule has 56 valence electrons. The van der Waals surface area contributed by atoms with Crippen molar-refractivity contribution >= 4 is 20.9 Å². The van der Waals surface area contributed by atoms with Gasteiger partial charge < -0.3 is 5.11 Å². The van der Waals surface area contributed by atoms with E-state index < -0.39 is 0 Å². The summed E-state index contributed by atoms with van der Waals surface area (Å²) in [5.41, 5.74) is 0. The van der Waals surface area contributed by atoms with E-state index in [1.165, 1.54) is 4.40 Å². The monoisotopic (exact) mass is 200 g/mol. The van der Waals surface area contributed by atoms with Crippen LogP contribution in [0.25, 0.3) is 0 Å². The standard InChI is InChI=1S/C6H8Ge.C2H6O/c7-6-4-2-1-3-5-6;1-2-3/h1-5H,7H3;3H,2H2,1H3. The van der Waals surface area contributed by atoms with Crippen LogP contribution in [0.2, 0.25) is 0 Å². The Kier molecular flexibility index (Phi) is 6.65. The van der Waals surface area contributed by atoms with Crippen LogP contribution in [-0.4, -0.2) is 28.2 Å². The second kappa shape index (κ2) is 6.84. The Bertz CT molecular complexity index is 151. The van der Waals surface area contributed by atoms with E-state index in [1.807, 2.05) is 0 Å². The van der Waals surface area contributed by atoms with Crippen molar-refractivity contribution in [1.82, 2.24) is 0 Å². The summed E-state index contributed by atoms with van der Waals surface area (Å²) in [6.07, 6.45) is 0. The first-order valence-corrected chi connectivity index (χ1v) is 5.53. The van der Waals surface area contributed by atoms with Crippen LogP contribution in [0.3, 0.4) is 0 Å². The zero-order chi connectivity index (χ0) is 7.82. The van der Waals surface area contributed by atoms with E-state index in [4.69, 9.17) is 5.11 Å². The Hall–Kier alpha value is -0.277. The molecule has 0 saturated carbocycles. The van der Waals surface area contributed by atoms with Gasteiger partial charge in [-0.05, 0) is 6.92 Å². The maximum absolute atomic E-state index is 7.57. The Labute approximate surface area is 70.3 Å². The molecule has 0 saturated heterocycles. The van der Waals surface area contributed by atoms with Crippen LogP contribution in [0.4, 0.5) is 0 Å². The van der Waals surface area contributed by atoms with E-state index in [9.17, 15) is 0 Å². The van der Waals surface area contributed by atoms with E-state index in [0.717, 1.165) is 16.5 Å². The molecule has 1 nitrogen and oxygen atoms in total. The van der Waals surface area contributed by atoms with Crippen LogP contribution >= 0.6 is 0 Å². The van der Waals surface area contributed by atoms with Crippen LogP contribution < -0.4 is 4.40 Å². The molecule has 0 aliphatic carbocycles. The molecule has 0 spiro atoms. The van der Waals surface area contributed by atoms with Gasteiger partial charge in [0.25, 0.3) is 0 Å². The van der Waals surface area contributed by atoms with Gasteiger partial charge in [0.15, 0.2) is 0 Å². The Morgan fingerprint density at radius 2 is 1.70 bits per heavy atom. The van der Waals surface area contributed by atoms with Gasteiger partial charge in [-0.25, -0.2) is 0 Å². The quantitative estimate of drug-likeness (QED) is 0.567. The van der Waals surface area contributed by atoms with Crippen molar-refractivity contribution in [3.8, 4) is 0 Å². The fourth-order valence-corrected chi connectivity index (χ4v) is 1.34. The maximum atomic E-state index is 7.57. The molecular weight excluding hydrogens is 185 g/mol. The van der Waals surface area contributed by atoms with Gasteiger partial charge in [-0.2, -0.15) is 0 Å². The Balaban J connectivity index is 0.000000236. The fourth-order valence-electron chi connectivity index (χ4n) is 0.534. The predicted molar refractivity (Wildman–Crippen MR) is 48.8 cm³/mol. The summed E-state index contributed by atoms with van der Waals surface area (Å²) in [6, 6.07) is 10.6. The van der Waals surface area contributed by atoms with E-state index in [-0.39, 0.29) is 6.61 Å². The second-order valence-electron chi connectivity index (χ2n) is 1.97. The van der Waals surface area contributed by atoms with Gasteiger partial charge >= 0.3 is 51.2 Å². The zero-order valence-corrected chi connectivity index (χ0v) is 10.7. The third-order valence-electron chi connectivity index (χ3n) is 0.940. The minimum absolute atomic E-state index is 0.250. The third-order valence-corrected chi connectivity index (χ3v) is 2.34. The van der Waals surface area contributed by atoms with Gasteiger partial charge in [0.2, 0.25) is 0 Å². The van der Waals surface area contributed by atoms with Gasteiger partial charge in [-0.15, -0.1) is 0 Å². The average Bonchev–Trinajstić information content (AvgIpc) is 1.91. The van der Waals surface area contributed by atoms with E-state index in [2.05, 4.69) is 30.3 Å².